The highest BCUT2D eigenvalue weighted by atomic mass is 16.7. The van der Waals surface area contributed by atoms with Crippen molar-refractivity contribution in [2.45, 2.75) is 58.0 Å². The number of likely N-dealkylation sites (tertiary alicyclic amines) is 1. The average Bonchev–Trinajstić information content (AvgIpc) is 3.02. The molecule has 0 bridgehead atoms. The van der Waals surface area contributed by atoms with E-state index in [0.717, 1.165) is 38.2 Å². The zero-order valence-corrected chi connectivity index (χ0v) is 19.3. The molecule has 0 saturated carbocycles. The van der Waals surface area contributed by atoms with Gasteiger partial charge in [0.15, 0.2) is 0 Å². The second kappa shape index (κ2) is 9.87. The van der Waals surface area contributed by atoms with Gasteiger partial charge in [0.2, 0.25) is 0 Å². The molecule has 31 heavy (non-hydrogen) atoms. The van der Waals surface area contributed by atoms with Crippen molar-refractivity contribution in [3.8, 4) is 0 Å². The highest BCUT2D eigenvalue weighted by Gasteiger charge is 2.34. The van der Waals surface area contributed by atoms with Crippen LogP contribution in [0.15, 0.2) is 24.3 Å². The third-order valence-corrected chi connectivity index (χ3v) is 5.27. The Kier molecular flexibility index (Phi) is 7.43. The molecule has 3 rings (SSSR count). The van der Waals surface area contributed by atoms with E-state index in [-0.39, 0.29) is 18.3 Å². The minimum atomic E-state index is -0.608. The van der Waals surface area contributed by atoms with Crippen molar-refractivity contribution in [1.29, 1.82) is 0 Å². The van der Waals surface area contributed by atoms with Crippen LogP contribution in [-0.4, -0.2) is 80.1 Å². The molecule has 0 spiro atoms. The van der Waals surface area contributed by atoms with Crippen LogP contribution in [0.3, 0.4) is 0 Å². The van der Waals surface area contributed by atoms with E-state index in [9.17, 15) is 9.59 Å². The Morgan fingerprint density at radius 3 is 2.39 bits per heavy atom. The molecule has 1 atom stereocenters. The third kappa shape index (κ3) is 7.11. The molecule has 1 aromatic rings. The summed E-state index contributed by atoms with van der Waals surface area (Å²) in [6.45, 7) is 9.13. The lowest BCUT2D eigenvalue weighted by atomic mass is 10.1. The van der Waals surface area contributed by atoms with Gasteiger partial charge in [-0.25, -0.2) is 9.59 Å². The number of cyclic esters (lactones) is 1. The lowest BCUT2D eigenvalue weighted by Crippen LogP contribution is -2.42. The number of carbonyl (C=O) groups excluding carboxylic acids is 2. The van der Waals surface area contributed by atoms with Crippen molar-refractivity contribution in [3.63, 3.8) is 0 Å². The Bertz CT molecular complexity index is 751. The molecular formula is C23H35N3O5. The maximum atomic E-state index is 12.4. The fourth-order valence-corrected chi connectivity index (χ4v) is 3.88. The molecule has 0 radical (unpaired) electrons. The number of ether oxygens (including phenoxy) is 3. The number of carbonyl (C=O) groups is 2. The molecule has 1 unspecified atom stereocenters. The molecule has 1 amide bonds. The Morgan fingerprint density at radius 1 is 1.16 bits per heavy atom. The number of hydrogen-bond donors (Lipinski definition) is 0. The van der Waals surface area contributed by atoms with Crippen molar-refractivity contribution in [3.05, 3.63) is 29.8 Å². The zero-order chi connectivity index (χ0) is 22.6. The Balaban J connectivity index is 1.44. The summed E-state index contributed by atoms with van der Waals surface area (Å²) in [5.74, 6) is 0. The fourth-order valence-electron chi connectivity index (χ4n) is 3.88. The number of amides is 1. The summed E-state index contributed by atoms with van der Waals surface area (Å²) in [6.07, 6.45) is 0.289. The number of rotatable bonds is 6. The van der Waals surface area contributed by atoms with Crippen molar-refractivity contribution >= 4 is 17.9 Å². The molecular weight excluding hydrogens is 398 g/mol. The molecule has 2 saturated heterocycles. The number of nitrogens with zero attached hydrogens (tertiary/aromatic N) is 3. The molecule has 0 N–H and O–H groups in total. The van der Waals surface area contributed by atoms with E-state index in [4.69, 9.17) is 14.2 Å². The largest absolute Gasteiger partial charge is 0.509 e. The van der Waals surface area contributed by atoms with Gasteiger partial charge in [0.1, 0.15) is 17.8 Å². The first-order chi connectivity index (χ1) is 14.6. The van der Waals surface area contributed by atoms with E-state index in [2.05, 4.69) is 9.80 Å². The number of anilines is 1. The number of benzene rings is 1. The summed E-state index contributed by atoms with van der Waals surface area (Å²) in [5, 5.41) is 0. The maximum absolute atomic E-state index is 12.4. The Morgan fingerprint density at radius 2 is 1.81 bits per heavy atom. The van der Waals surface area contributed by atoms with Gasteiger partial charge >= 0.3 is 12.2 Å². The van der Waals surface area contributed by atoms with Crippen LogP contribution in [0.2, 0.25) is 0 Å². The molecule has 2 aliphatic rings. The molecule has 2 fully saturated rings. The minimum absolute atomic E-state index is 0.130. The summed E-state index contributed by atoms with van der Waals surface area (Å²) < 4.78 is 16.3. The molecule has 2 aliphatic heterocycles. The Labute approximate surface area is 185 Å². The van der Waals surface area contributed by atoms with Gasteiger partial charge in [0, 0.05) is 31.9 Å². The summed E-state index contributed by atoms with van der Waals surface area (Å²) >= 11 is 0. The average molecular weight is 434 g/mol. The third-order valence-electron chi connectivity index (χ3n) is 5.27. The monoisotopic (exact) mass is 433 g/mol. The van der Waals surface area contributed by atoms with Crippen LogP contribution >= 0.6 is 0 Å². The second-order valence-electron chi connectivity index (χ2n) is 9.60. The topological polar surface area (TPSA) is 71.6 Å². The van der Waals surface area contributed by atoms with Gasteiger partial charge in [0.25, 0.3) is 0 Å². The van der Waals surface area contributed by atoms with Gasteiger partial charge in [0.05, 0.1) is 6.54 Å². The van der Waals surface area contributed by atoms with Crippen LogP contribution in [0.1, 0.15) is 39.2 Å². The van der Waals surface area contributed by atoms with E-state index >= 15 is 0 Å². The van der Waals surface area contributed by atoms with E-state index in [1.165, 1.54) is 5.56 Å². The molecule has 0 aliphatic carbocycles. The fraction of sp³-hybridized carbons (Fsp3) is 0.652. The van der Waals surface area contributed by atoms with E-state index < -0.39 is 11.8 Å². The van der Waals surface area contributed by atoms with Gasteiger partial charge in [-0.2, -0.15) is 0 Å². The summed E-state index contributed by atoms with van der Waals surface area (Å²) in [4.78, 5) is 30.3. The minimum Gasteiger partial charge on any atom is -0.443 e. The SMILES string of the molecule is CN(C)Cc1ccc(N2CC(CN3CCC(OC(=O)OC(C)(C)C)CC3)OC2=O)cc1. The second-order valence-corrected chi connectivity index (χ2v) is 9.60. The van der Waals surface area contributed by atoms with Gasteiger partial charge in [-0.3, -0.25) is 9.80 Å². The van der Waals surface area contributed by atoms with E-state index in [1.807, 2.05) is 59.1 Å². The van der Waals surface area contributed by atoms with Crippen molar-refractivity contribution in [2.75, 3.05) is 45.2 Å². The molecule has 1 aromatic carbocycles. The first kappa shape index (κ1) is 23.3. The lowest BCUT2D eigenvalue weighted by Gasteiger charge is -2.32. The predicted molar refractivity (Wildman–Crippen MR) is 118 cm³/mol. The van der Waals surface area contributed by atoms with E-state index in [0.29, 0.717) is 13.1 Å². The molecule has 8 heteroatoms. The molecule has 2 heterocycles. The van der Waals surface area contributed by atoms with Crippen molar-refractivity contribution in [1.82, 2.24) is 9.80 Å². The standard InChI is InChI=1S/C23H35N3O5/c1-23(2,3)31-22(28)30-19-10-12-25(13-11-19)15-20-16-26(21(27)29-20)18-8-6-17(7-9-18)14-24(4)5/h6-9,19-20H,10-16H2,1-5H3. The van der Waals surface area contributed by atoms with Gasteiger partial charge in [-0.05, 0) is 65.4 Å². The maximum Gasteiger partial charge on any atom is 0.509 e. The van der Waals surface area contributed by atoms with Crippen LogP contribution < -0.4 is 4.90 Å². The first-order valence-electron chi connectivity index (χ1n) is 10.9. The summed E-state index contributed by atoms with van der Waals surface area (Å²) in [7, 11) is 4.06. The molecule has 172 valence electrons. The van der Waals surface area contributed by atoms with Crippen LogP contribution in [0.4, 0.5) is 15.3 Å². The highest BCUT2D eigenvalue weighted by Crippen LogP contribution is 2.24. The Hall–Kier alpha value is -2.32. The van der Waals surface area contributed by atoms with Crippen LogP contribution in [0.25, 0.3) is 0 Å². The summed E-state index contributed by atoms with van der Waals surface area (Å²) in [6, 6.07) is 8.04. The van der Waals surface area contributed by atoms with E-state index in [1.54, 1.807) is 4.90 Å². The molecule has 8 nitrogen and oxygen atoms in total. The van der Waals surface area contributed by atoms with Crippen LogP contribution in [0.5, 0.6) is 0 Å². The first-order valence-corrected chi connectivity index (χ1v) is 10.9. The highest BCUT2D eigenvalue weighted by molar-refractivity contribution is 5.89. The molecule has 0 aromatic heterocycles. The van der Waals surface area contributed by atoms with Crippen LogP contribution in [-0.2, 0) is 20.8 Å². The van der Waals surface area contributed by atoms with Crippen molar-refractivity contribution < 1.29 is 23.8 Å². The van der Waals surface area contributed by atoms with Crippen molar-refractivity contribution in [2.24, 2.45) is 0 Å². The quantitative estimate of drug-likeness (QED) is 0.636. The number of hydrogen-bond acceptors (Lipinski definition) is 7. The normalized spacial score (nSPS) is 20.8. The van der Waals surface area contributed by atoms with Crippen LogP contribution in [0, 0.1) is 0 Å². The van der Waals surface area contributed by atoms with Gasteiger partial charge in [-0.1, -0.05) is 12.1 Å². The lowest BCUT2D eigenvalue weighted by molar-refractivity contribution is -0.0410. The summed E-state index contributed by atoms with van der Waals surface area (Å²) in [5.41, 5.74) is 1.51. The smallest absolute Gasteiger partial charge is 0.443 e. The van der Waals surface area contributed by atoms with Gasteiger partial charge in [-0.15, -0.1) is 0 Å². The predicted octanol–water partition coefficient (Wildman–Crippen LogP) is 3.49. The number of piperidine rings is 1. The zero-order valence-electron chi connectivity index (χ0n) is 19.3. The van der Waals surface area contributed by atoms with Gasteiger partial charge < -0.3 is 19.1 Å².